The van der Waals surface area contributed by atoms with Gasteiger partial charge in [0.05, 0.1) is 50.8 Å². The molecule has 2 aliphatic heterocycles. The molecule has 3 rings (SSSR count). The number of rotatable bonds is 11. The summed E-state index contributed by atoms with van der Waals surface area (Å²) in [6.07, 6.45) is -1.21. The highest BCUT2D eigenvalue weighted by molar-refractivity contribution is 8.00. The number of hydrogen-bond acceptors (Lipinski definition) is 8. The molecule has 26 heavy (non-hydrogen) atoms. The first-order chi connectivity index (χ1) is 12.2. The highest BCUT2D eigenvalue weighted by atomic mass is 32.2. The lowest BCUT2D eigenvalue weighted by Crippen LogP contribution is -2.34. The molecule has 0 bridgehead atoms. The fraction of sp³-hybridized carbons (Fsp3) is 0.846. The first-order valence-electron chi connectivity index (χ1n) is 8.09. The number of thioether (sulfide) groups is 1. The quantitative estimate of drug-likeness (QED) is 0.231. The molecule has 0 spiro atoms. The van der Waals surface area contributed by atoms with Gasteiger partial charge in [0.15, 0.2) is 0 Å². The molecule has 0 saturated carbocycles. The Labute approximate surface area is 153 Å². The van der Waals surface area contributed by atoms with Gasteiger partial charge < -0.3 is 14.6 Å². The van der Waals surface area contributed by atoms with Gasteiger partial charge in [-0.2, -0.15) is 20.2 Å². The fourth-order valence-corrected chi connectivity index (χ4v) is 4.31. The minimum absolute atomic E-state index is 0.0990. The van der Waals surface area contributed by atoms with Crippen molar-refractivity contribution in [2.45, 2.75) is 37.9 Å². The zero-order valence-electron chi connectivity index (χ0n) is 13.9. The van der Waals surface area contributed by atoms with Gasteiger partial charge in [0.1, 0.15) is 6.10 Å². The van der Waals surface area contributed by atoms with Crippen molar-refractivity contribution < 1.29 is 27.6 Å². The third-order valence-corrected chi connectivity index (χ3v) is 6.03. The lowest BCUT2D eigenvalue weighted by Gasteiger charge is -2.13. The maximum absolute atomic E-state index is 12.6. The molecule has 3 atom stereocenters. The zero-order valence-corrected chi connectivity index (χ0v) is 15.5. The summed E-state index contributed by atoms with van der Waals surface area (Å²) in [5.41, 5.74) is -0.986. The molecule has 0 amide bonds. The van der Waals surface area contributed by atoms with Crippen LogP contribution in [0.5, 0.6) is 0 Å². The van der Waals surface area contributed by atoms with Gasteiger partial charge in [0, 0.05) is 11.5 Å². The van der Waals surface area contributed by atoms with Gasteiger partial charge in [-0.25, -0.2) is 23.5 Å². The molecular formula is C13H21N3O8S2. The monoisotopic (exact) mass is 411 g/mol. The fourth-order valence-electron chi connectivity index (χ4n) is 2.46. The number of aliphatic hydroxyl groups excluding tert-OH is 1. The average molecular weight is 411 g/mol. The Kier molecular flexibility index (Phi) is 5.94. The SMILES string of the molecule is O=c1n(CC2CO2)c(=O)n(CC2CO2)n1CC(O)CSCCS(=O)(=O)O. The molecule has 0 aromatic carbocycles. The van der Waals surface area contributed by atoms with Crippen LogP contribution in [0.15, 0.2) is 9.59 Å². The van der Waals surface area contributed by atoms with Crippen LogP contribution in [0.2, 0.25) is 0 Å². The standard InChI is InChI=1S/C13H21N3O8S2/c17-9(8-25-1-2-26(20,21)22)3-15-12(18)14(4-10-6-23-10)13(19)16(15)5-11-7-24-11/h9-11,17H,1-8H2,(H,20,21,22). The molecule has 3 unspecified atom stereocenters. The van der Waals surface area contributed by atoms with Crippen molar-refractivity contribution >= 4 is 21.9 Å². The topological polar surface area (TPSA) is 149 Å². The second-order valence-electron chi connectivity index (χ2n) is 6.27. The summed E-state index contributed by atoms with van der Waals surface area (Å²) in [4.78, 5) is 25.1. The maximum atomic E-state index is 12.6. The highest BCUT2D eigenvalue weighted by Gasteiger charge is 2.30. The van der Waals surface area contributed by atoms with Crippen molar-refractivity contribution in [3.63, 3.8) is 0 Å². The van der Waals surface area contributed by atoms with E-state index in [0.29, 0.717) is 13.2 Å². The number of epoxide rings is 2. The molecule has 0 aliphatic carbocycles. The first-order valence-corrected chi connectivity index (χ1v) is 10.9. The predicted molar refractivity (Wildman–Crippen MR) is 92.2 cm³/mol. The van der Waals surface area contributed by atoms with Gasteiger partial charge in [-0.05, 0) is 0 Å². The molecule has 2 fully saturated rings. The molecular weight excluding hydrogens is 390 g/mol. The van der Waals surface area contributed by atoms with Crippen molar-refractivity contribution in [3.8, 4) is 0 Å². The lowest BCUT2D eigenvalue weighted by atomic mass is 10.4. The third-order valence-electron chi connectivity index (χ3n) is 3.94. The summed E-state index contributed by atoms with van der Waals surface area (Å²) >= 11 is 1.13. The summed E-state index contributed by atoms with van der Waals surface area (Å²) in [6.45, 7) is 1.34. The van der Waals surface area contributed by atoms with E-state index in [0.717, 1.165) is 16.3 Å². The van der Waals surface area contributed by atoms with Gasteiger partial charge in [0.2, 0.25) is 0 Å². The normalized spacial score (nSPS) is 23.2. The molecule has 2 aliphatic rings. The number of nitrogens with zero attached hydrogens (tertiary/aromatic N) is 3. The van der Waals surface area contributed by atoms with Crippen LogP contribution in [-0.2, 0) is 39.2 Å². The van der Waals surface area contributed by atoms with Crippen molar-refractivity contribution in [1.82, 2.24) is 13.9 Å². The van der Waals surface area contributed by atoms with Crippen LogP contribution in [-0.4, -0.2) is 80.8 Å². The Morgan fingerprint density at radius 3 is 2.27 bits per heavy atom. The van der Waals surface area contributed by atoms with Crippen LogP contribution in [0, 0.1) is 0 Å². The second kappa shape index (κ2) is 7.86. The van der Waals surface area contributed by atoms with Crippen LogP contribution in [0.4, 0.5) is 0 Å². The highest BCUT2D eigenvalue weighted by Crippen LogP contribution is 2.12. The van der Waals surface area contributed by atoms with Crippen LogP contribution < -0.4 is 11.4 Å². The Bertz CT molecular complexity index is 850. The smallest absolute Gasteiger partial charge is 0.347 e. The van der Waals surface area contributed by atoms with E-state index in [1.165, 1.54) is 9.36 Å². The van der Waals surface area contributed by atoms with Gasteiger partial charge in [-0.1, -0.05) is 0 Å². The summed E-state index contributed by atoms with van der Waals surface area (Å²) in [7, 11) is -4.04. The molecule has 1 aromatic heterocycles. The minimum atomic E-state index is -4.04. The molecule has 1 aromatic rings. The molecule has 11 nitrogen and oxygen atoms in total. The van der Waals surface area contributed by atoms with E-state index in [-0.39, 0.29) is 43.3 Å². The van der Waals surface area contributed by atoms with Gasteiger partial charge in [0.25, 0.3) is 10.1 Å². The van der Waals surface area contributed by atoms with E-state index >= 15 is 0 Å². The molecule has 13 heteroatoms. The second-order valence-corrected chi connectivity index (χ2v) is 8.99. The van der Waals surface area contributed by atoms with E-state index in [1.54, 1.807) is 0 Å². The van der Waals surface area contributed by atoms with Gasteiger partial charge >= 0.3 is 11.4 Å². The van der Waals surface area contributed by atoms with Gasteiger partial charge in [-0.15, -0.1) is 0 Å². The molecule has 0 radical (unpaired) electrons. The molecule has 2 N–H and O–H groups in total. The van der Waals surface area contributed by atoms with Crippen molar-refractivity contribution in [2.24, 2.45) is 0 Å². The van der Waals surface area contributed by atoms with E-state index in [1.807, 2.05) is 0 Å². The Balaban J connectivity index is 1.66. The van der Waals surface area contributed by atoms with Crippen molar-refractivity contribution in [2.75, 3.05) is 30.5 Å². The Morgan fingerprint density at radius 2 is 1.69 bits per heavy atom. The largest absolute Gasteiger partial charge is 0.390 e. The van der Waals surface area contributed by atoms with Crippen LogP contribution in [0.25, 0.3) is 0 Å². The zero-order chi connectivity index (χ0) is 18.9. The minimum Gasteiger partial charge on any atom is -0.390 e. The first kappa shape index (κ1) is 19.6. The lowest BCUT2D eigenvalue weighted by molar-refractivity contribution is 0.161. The molecule has 3 heterocycles. The van der Waals surface area contributed by atoms with E-state index in [9.17, 15) is 23.1 Å². The number of aliphatic hydroxyl groups is 1. The summed E-state index contributed by atoms with van der Waals surface area (Å²) in [5, 5.41) is 10.2. The summed E-state index contributed by atoms with van der Waals surface area (Å²) < 4.78 is 43.8. The summed E-state index contributed by atoms with van der Waals surface area (Å²) in [6, 6.07) is 0. The van der Waals surface area contributed by atoms with Gasteiger partial charge in [-0.3, -0.25) is 4.55 Å². The number of ether oxygens (including phenoxy) is 2. The number of aromatic nitrogens is 3. The molecule has 148 valence electrons. The van der Waals surface area contributed by atoms with Crippen molar-refractivity contribution in [3.05, 3.63) is 21.0 Å². The summed E-state index contributed by atoms with van der Waals surface area (Å²) in [5.74, 6) is -0.133. The Morgan fingerprint density at radius 1 is 1.12 bits per heavy atom. The predicted octanol–water partition coefficient (Wildman–Crippen LogP) is -2.41. The van der Waals surface area contributed by atoms with Crippen LogP contribution in [0.1, 0.15) is 0 Å². The van der Waals surface area contributed by atoms with Crippen LogP contribution >= 0.6 is 11.8 Å². The maximum Gasteiger partial charge on any atom is 0.347 e. The molecule has 2 saturated heterocycles. The number of hydrogen-bond donors (Lipinski definition) is 2. The average Bonchev–Trinajstić information content (AvgIpc) is 3.44. The third kappa shape index (κ3) is 5.44. The van der Waals surface area contributed by atoms with E-state index in [2.05, 4.69) is 0 Å². The van der Waals surface area contributed by atoms with E-state index in [4.69, 9.17) is 14.0 Å². The van der Waals surface area contributed by atoms with Crippen LogP contribution in [0.3, 0.4) is 0 Å². The Hall–Kier alpha value is -1.12. The van der Waals surface area contributed by atoms with Crippen molar-refractivity contribution in [1.29, 1.82) is 0 Å². The van der Waals surface area contributed by atoms with E-state index < -0.39 is 33.4 Å².